The Bertz CT molecular complexity index is 352. The summed E-state index contributed by atoms with van der Waals surface area (Å²) in [5, 5.41) is 9.81. The van der Waals surface area contributed by atoms with Gasteiger partial charge < -0.3 is 5.11 Å². The van der Waals surface area contributed by atoms with Crippen LogP contribution < -0.4 is 0 Å². The van der Waals surface area contributed by atoms with E-state index >= 15 is 0 Å². The fraction of sp³-hybridized carbons (Fsp3) is 0.636. The van der Waals surface area contributed by atoms with E-state index in [0.29, 0.717) is 0 Å². The van der Waals surface area contributed by atoms with Gasteiger partial charge in [0.15, 0.2) is 0 Å². The molecule has 0 fully saturated rings. The number of thiazole rings is 1. The van der Waals surface area contributed by atoms with Crippen molar-refractivity contribution in [1.29, 1.82) is 0 Å². The molecule has 1 aromatic rings. The molecular weight excluding hydrogens is 224 g/mol. The molecule has 1 aromatic heterocycles. The number of hydrogen-bond donors (Lipinski definition) is 1. The number of carboxylic acids is 1. The third kappa shape index (κ3) is 3.90. The van der Waals surface area contributed by atoms with Gasteiger partial charge in [0.2, 0.25) is 0 Å². The van der Waals surface area contributed by atoms with Crippen LogP contribution in [0.15, 0.2) is 6.20 Å². The number of aryl methyl sites for hydroxylation is 1. The Morgan fingerprint density at radius 3 is 2.81 bits per heavy atom. The summed E-state index contributed by atoms with van der Waals surface area (Å²) >= 11 is 1.67. The number of carboxylic acid groups (broad SMARTS) is 1. The first kappa shape index (κ1) is 13.1. The predicted octanol–water partition coefficient (Wildman–Crippen LogP) is 2.14. The zero-order chi connectivity index (χ0) is 12.1. The van der Waals surface area contributed by atoms with E-state index in [0.717, 1.165) is 18.1 Å². The zero-order valence-electron chi connectivity index (χ0n) is 9.93. The minimum atomic E-state index is -0.744. The van der Waals surface area contributed by atoms with Crippen LogP contribution >= 0.6 is 11.3 Å². The van der Waals surface area contributed by atoms with Gasteiger partial charge in [-0.1, -0.05) is 6.92 Å². The Morgan fingerprint density at radius 1 is 1.69 bits per heavy atom. The maximum absolute atomic E-state index is 10.7. The van der Waals surface area contributed by atoms with Gasteiger partial charge in [0.25, 0.3) is 0 Å². The third-order valence-corrected chi connectivity index (χ3v) is 3.43. The summed E-state index contributed by atoms with van der Waals surface area (Å²) in [6.45, 7) is 7.62. The number of aromatic nitrogens is 1. The van der Waals surface area contributed by atoms with E-state index in [1.54, 1.807) is 11.3 Å². The second-order valence-electron chi connectivity index (χ2n) is 3.86. The highest BCUT2D eigenvalue weighted by molar-refractivity contribution is 7.11. The molecule has 1 atom stereocenters. The molecule has 1 N–H and O–H groups in total. The number of nitrogens with zero attached hydrogens (tertiary/aromatic N) is 2. The molecule has 1 unspecified atom stereocenters. The largest absolute Gasteiger partial charge is 0.481 e. The van der Waals surface area contributed by atoms with Gasteiger partial charge in [-0.3, -0.25) is 9.69 Å². The molecule has 90 valence electrons. The molecule has 0 amide bonds. The topological polar surface area (TPSA) is 53.4 Å². The smallest absolute Gasteiger partial charge is 0.304 e. The maximum Gasteiger partial charge on any atom is 0.304 e. The Labute approximate surface area is 99.9 Å². The highest BCUT2D eigenvalue weighted by atomic mass is 32.1. The van der Waals surface area contributed by atoms with Crippen molar-refractivity contribution in [2.75, 3.05) is 6.54 Å². The molecule has 0 aliphatic carbocycles. The van der Waals surface area contributed by atoms with E-state index in [4.69, 9.17) is 5.11 Å². The van der Waals surface area contributed by atoms with Crippen molar-refractivity contribution < 1.29 is 9.90 Å². The SMILES string of the molecule is CCN(Cc1cnc(C)s1)C(C)CC(=O)O. The molecule has 0 radical (unpaired) electrons. The molecule has 0 aliphatic heterocycles. The normalized spacial score (nSPS) is 13.0. The van der Waals surface area contributed by atoms with E-state index in [1.165, 1.54) is 4.88 Å². The predicted molar refractivity (Wildman–Crippen MR) is 64.6 cm³/mol. The van der Waals surface area contributed by atoms with Gasteiger partial charge in [0.1, 0.15) is 0 Å². The number of carbonyl (C=O) groups is 1. The van der Waals surface area contributed by atoms with Crippen molar-refractivity contribution in [3.63, 3.8) is 0 Å². The first-order chi connectivity index (χ1) is 7.52. The van der Waals surface area contributed by atoms with Gasteiger partial charge in [-0.05, 0) is 20.4 Å². The summed E-state index contributed by atoms with van der Waals surface area (Å²) in [6, 6.07) is 0.0601. The first-order valence-corrected chi connectivity index (χ1v) is 6.21. The van der Waals surface area contributed by atoms with Gasteiger partial charge in [0.05, 0.1) is 11.4 Å². The lowest BCUT2D eigenvalue weighted by molar-refractivity contribution is -0.138. The van der Waals surface area contributed by atoms with Crippen molar-refractivity contribution in [1.82, 2.24) is 9.88 Å². The Hall–Kier alpha value is -0.940. The van der Waals surface area contributed by atoms with E-state index in [9.17, 15) is 4.79 Å². The van der Waals surface area contributed by atoms with E-state index in [-0.39, 0.29) is 12.5 Å². The van der Waals surface area contributed by atoms with E-state index in [1.807, 2.05) is 27.0 Å². The summed E-state index contributed by atoms with van der Waals surface area (Å²) < 4.78 is 0. The molecule has 16 heavy (non-hydrogen) atoms. The molecule has 0 aromatic carbocycles. The van der Waals surface area contributed by atoms with Crippen LogP contribution in [0, 0.1) is 6.92 Å². The van der Waals surface area contributed by atoms with Crippen LogP contribution in [-0.4, -0.2) is 33.5 Å². The third-order valence-electron chi connectivity index (χ3n) is 2.53. The molecule has 4 nitrogen and oxygen atoms in total. The van der Waals surface area contributed by atoms with Crippen molar-refractivity contribution in [2.24, 2.45) is 0 Å². The van der Waals surface area contributed by atoms with E-state index < -0.39 is 5.97 Å². The average molecular weight is 242 g/mol. The van der Waals surface area contributed by atoms with E-state index in [2.05, 4.69) is 9.88 Å². The van der Waals surface area contributed by atoms with Gasteiger partial charge in [-0.25, -0.2) is 4.98 Å². The monoisotopic (exact) mass is 242 g/mol. The molecule has 0 saturated carbocycles. The molecule has 1 heterocycles. The summed E-state index contributed by atoms with van der Waals surface area (Å²) in [6.07, 6.45) is 2.06. The molecule has 0 spiro atoms. The minimum absolute atomic E-state index is 0.0601. The first-order valence-electron chi connectivity index (χ1n) is 5.40. The number of hydrogen-bond acceptors (Lipinski definition) is 4. The Kier molecular flexibility index (Phi) is 4.89. The Morgan fingerprint density at radius 2 is 2.38 bits per heavy atom. The van der Waals surface area contributed by atoms with Crippen LogP contribution in [0.2, 0.25) is 0 Å². The van der Waals surface area contributed by atoms with Gasteiger partial charge in [-0.2, -0.15) is 0 Å². The maximum atomic E-state index is 10.7. The molecular formula is C11H18N2O2S. The highest BCUT2D eigenvalue weighted by Gasteiger charge is 2.16. The molecule has 0 saturated heterocycles. The summed E-state index contributed by atoms with van der Waals surface area (Å²) in [5.74, 6) is -0.744. The summed E-state index contributed by atoms with van der Waals surface area (Å²) in [5.41, 5.74) is 0. The van der Waals surface area contributed by atoms with Crippen LogP contribution in [0.4, 0.5) is 0 Å². The van der Waals surface area contributed by atoms with Gasteiger partial charge in [-0.15, -0.1) is 11.3 Å². The molecule has 5 heteroatoms. The van der Waals surface area contributed by atoms with Crippen LogP contribution in [-0.2, 0) is 11.3 Å². The highest BCUT2D eigenvalue weighted by Crippen LogP contribution is 2.16. The Balaban J connectivity index is 2.57. The minimum Gasteiger partial charge on any atom is -0.481 e. The summed E-state index contributed by atoms with van der Waals surface area (Å²) in [4.78, 5) is 18.2. The zero-order valence-corrected chi connectivity index (χ0v) is 10.8. The number of rotatable bonds is 6. The van der Waals surface area contributed by atoms with Crippen molar-refractivity contribution >= 4 is 17.3 Å². The van der Waals surface area contributed by atoms with Crippen LogP contribution in [0.5, 0.6) is 0 Å². The second kappa shape index (κ2) is 5.96. The second-order valence-corrected chi connectivity index (χ2v) is 5.17. The van der Waals surface area contributed by atoms with Gasteiger partial charge in [0, 0.05) is 23.7 Å². The summed E-state index contributed by atoms with van der Waals surface area (Å²) in [7, 11) is 0. The lowest BCUT2D eigenvalue weighted by Crippen LogP contribution is -2.33. The van der Waals surface area contributed by atoms with Crippen molar-refractivity contribution in [3.05, 3.63) is 16.1 Å². The van der Waals surface area contributed by atoms with Crippen LogP contribution in [0.25, 0.3) is 0 Å². The van der Waals surface area contributed by atoms with Crippen LogP contribution in [0.3, 0.4) is 0 Å². The van der Waals surface area contributed by atoms with Crippen LogP contribution in [0.1, 0.15) is 30.2 Å². The fourth-order valence-corrected chi connectivity index (χ4v) is 2.46. The quantitative estimate of drug-likeness (QED) is 0.830. The van der Waals surface area contributed by atoms with Crippen molar-refractivity contribution in [2.45, 2.75) is 39.8 Å². The molecule has 1 rings (SSSR count). The average Bonchev–Trinajstić information content (AvgIpc) is 2.59. The number of aliphatic carboxylic acids is 1. The molecule has 0 aliphatic rings. The van der Waals surface area contributed by atoms with Crippen molar-refractivity contribution in [3.8, 4) is 0 Å². The lowest BCUT2D eigenvalue weighted by Gasteiger charge is -2.25. The standard InChI is InChI=1S/C11H18N2O2S/c1-4-13(8(2)5-11(14)15)7-10-6-12-9(3)16-10/h6,8H,4-5,7H2,1-3H3,(H,14,15). The van der Waals surface area contributed by atoms with Gasteiger partial charge >= 0.3 is 5.97 Å². The lowest BCUT2D eigenvalue weighted by atomic mass is 10.2. The fourth-order valence-electron chi connectivity index (χ4n) is 1.64. The molecule has 0 bridgehead atoms.